The van der Waals surface area contributed by atoms with Gasteiger partial charge in [0.05, 0.1) is 0 Å². The van der Waals surface area contributed by atoms with Gasteiger partial charge in [0.15, 0.2) is 11.5 Å². The van der Waals surface area contributed by atoms with Gasteiger partial charge in [0, 0.05) is 33.3 Å². The average molecular weight is 380 g/mol. The molecule has 1 aliphatic heterocycles. The lowest BCUT2D eigenvalue weighted by Gasteiger charge is -2.19. The highest BCUT2D eigenvalue weighted by Gasteiger charge is 2.21. The topological polar surface area (TPSA) is 64.6 Å². The molecule has 0 bridgehead atoms. The predicted octanol–water partition coefficient (Wildman–Crippen LogP) is 3.39. The van der Waals surface area contributed by atoms with Gasteiger partial charge in [-0.1, -0.05) is 23.7 Å². The van der Waals surface area contributed by atoms with Gasteiger partial charge in [0.1, 0.15) is 18.5 Å². The van der Waals surface area contributed by atoms with Crippen molar-refractivity contribution in [2.75, 3.05) is 18.5 Å². The quantitative estimate of drug-likeness (QED) is 0.864. The van der Waals surface area contributed by atoms with Crippen LogP contribution in [0.15, 0.2) is 42.5 Å². The second-order valence-corrected chi connectivity index (χ2v) is 7.84. The predicted molar refractivity (Wildman–Crippen MR) is 98.8 cm³/mol. The third-order valence-corrected chi connectivity index (χ3v) is 5.63. The number of nitrogens with one attached hydrogen (secondary N) is 1. The molecule has 2 aromatic rings. The summed E-state index contributed by atoms with van der Waals surface area (Å²) in [7, 11) is -1.36. The Labute approximate surface area is 153 Å². The molecular formula is C18H18ClNO4S. The summed E-state index contributed by atoms with van der Waals surface area (Å²) >= 11 is 5.94. The molecule has 25 heavy (non-hydrogen) atoms. The molecule has 0 radical (unpaired) electrons. The third kappa shape index (κ3) is 4.52. The minimum absolute atomic E-state index is 0.274. The van der Waals surface area contributed by atoms with E-state index in [-0.39, 0.29) is 11.7 Å². The first-order valence-corrected chi connectivity index (χ1v) is 9.61. The summed E-state index contributed by atoms with van der Waals surface area (Å²) in [6.07, 6.45) is 0. The molecule has 2 atom stereocenters. The van der Waals surface area contributed by atoms with Gasteiger partial charge in [-0.05, 0) is 36.8 Å². The summed E-state index contributed by atoms with van der Waals surface area (Å²) in [5.74, 6) is 1.21. The number of carbonyl (C=O) groups is 1. The van der Waals surface area contributed by atoms with Crippen LogP contribution in [0.25, 0.3) is 0 Å². The second kappa shape index (κ2) is 7.89. The zero-order chi connectivity index (χ0) is 17.8. The number of benzene rings is 2. The normalized spacial score (nSPS) is 15.3. The molecule has 0 unspecified atom stereocenters. The van der Waals surface area contributed by atoms with E-state index in [1.165, 1.54) is 0 Å². The summed E-state index contributed by atoms with van der Waals surface area (Å²) in [5, 5.41) is 2.70. The highest BCUT2D eigenvalue weighted by atomic mass is 35.5. The maximum atomic E-state index is 12.5. The van der Waals surface area contributed by atoms with Crippen molar-refractivity contribution in [2.45, 2.75) is 17.9 Å². The Morgan fingerprint density at radius 2 is 1.96 bits per heavy atom. The number of fused-ring (bicyclic) bond motifs is 1. The van der Waals surface area contributed by atoms with Gasteiger partial charge in [-0.2, -0.15) is 0 Å². The number of ether oxygens (including phenoxy) is 2. The fourth-order valence-corrected chi connectivity index (χ4v) is 3.67. The zero-order valence-corrected chi connectivity index (χ0v) is 15.2. The van der Waals surface area contributed by atoms with Gasteiger partial charge >= 0.3 is 0 Å². The lowest BCUT2D eigenvalue weighted by Crippen LogP contribution is -2.29. The number of rotatable bonds is 5. The van der Waals surface area contributed by atoms with E-state index >= 15 is 0 Å². The third-order valence-electron chi connectivity index (χ3n) is 3.77. The molecule has 0 aromatic heterocycles. The van der Waals surface area contributed by atoms with Crippen LogP contribution < -0.4 is 14.8 Å². The Hall–Kier alpha value is -2.05. The van der Waals surface area contributed by atoms with Crippen molar-refractivity contribution in [2.24, 2.45) is 0 Å². The van der Waals surface area contributed by atoms with Gasteiger partial charge in [-0.25, -0.2) is 0 Å². The fourth-order valence-electron chi connectivity index (χ4n) is 2.40. The average Bonchev–Trinajstić information content (AvgIpc) is 2.61. The van der Waals surface area contributed by atoms with Crippen molar-refractivity contribution in [3.05, 3.63) is 53.1 Å². The van der Waals surface area contributed by atoms with E-state index in [4.69, 9.17) is 21.1 Å². The zero-order valence-electron chi connectivity index (χ0n) is 13.7. The summed E-state index contributed by atoms with van der Waals surface area (Å²) in [6, 6.07) is 12.3. The highest BCUT2D eigenvalue weighted by molar-refractivity contribution is 7.85. The molecule has 1 N–H and O–H groups in total. The van der Waals surface area contributed by atoms with Crippen LogP contribution in [0, 0.1) is 0 Å². The molecule has 0 saturated carbocycles. The minimum Gasteiger partial charge on any atom is -0.486 e. The van der Waals surface area contributed by atoms with Gasteiger partial charge in [-0.3, -0.25) is 9.00 Å². The van der Waals surface area contributed by atoms with E-state index in [0.717, 1.165) is 5.56 Å². The van der Waals surface area contributed by atoms with Crippen LogP contribution in [0.5, 0.6) is 11.5 Å². The minimum atomic E-state index is -1.36. The molecule has 3 rings (SSSR count). The molecular weight excluding hydrogens is 362 g/mol. The van der Waals surface area contributed by atoms with Crippen LogP contribution >= 0.6 is 11.6 Å². The van der Waals surface area contributed by atoms with Crippen LogP contribution in [0.4, 0.5) is 5.69 Å². The number of amides is 1. The Morgan fingerprint density at radius 1 is 1.20 bits per heavy atom. The largest absolute Gasteiger partial charge is 0.486 e. The molecule has 0 spiro atoms. The highest BCUT2D eigenvalue weighted by Crippen LogP contribution is 2.32. The summed E-state index contributed by atoms with van der Waals surface area (Å²) in [6.45, 7) is 2.64. The van der Waals surface area contributed by atoms with Gasteiger partial charge < -0.3 is 14.8 Å². The first kappa shape index (κ1) is 17.8. The van der Waals surface area contributed by atoms with Gasteiger partial charge in [0.2, 0.25) is 5.91 Å². The Kier molecular flexibility index (Phi) is 5.60. The molecule has 1 aliphatic rings. The Bertz CT molecular complexity index is 811. The molecule has 7 heteroatoms. The number of halogens is 1. The Balaban J connectivity index is 1.63. The lowest BCUT2D eigenvalue weighted by molar-refractivity contribution is -0.115. The monoisotopic (exact) mass is 379 g/mol. The number of anilines is 1. The molecule has 132 valence electrons. The van der Waals surface area contributed by atoms with Crippen LogP contribution in [-0.2, 0) is 21.3 Å². The van der Waals surface area contributed by atoms with Crippen molar-refractivity contribution in [1.82, 2.24) is 0 Å². The molecule has 5 nitrogen and oxygen atoms in total. The maximum absolute atomic E-state index is 12.5. The standard InChI is InChI=1S/C18H18ClNO4S/c1-12(25(22)11-13-3-2-4-14(19)9-13)18(21)20-15-5-6-16-17(10-15)24-8-7-23-16/h2-6,9-10,12H,7-8,11H2,1H3,(H,20,21)/t12-,25-/m0/s1. The van der Waals surface area contributed by atoms with Gasteiger partial charge in [-0.15, -0.1) is 0 Å². The van der Waals surface area contributed by atoms with E-state index in [9.17, 15) is 9.00 Å². The second-order valence-electron chi connectivity index (χ2n) is 5.64. The van der Waals surface area contributed by atoms with Crippen molar-refractivity contribution < 1.29 is 18.5 Å². The van der Waals surface area contributed by atoms with E-state index in [1.807, 2.05) is 6.07 Å². The molecule has 0 fully saturated rings. The summed E-state index contributed by atoms with van der Waals surface area (Å²) in [5.41, 5.74) is 1.42. The fraction of sp³-hybridized carbons (Fsp3) is 0.278. The summed E-state index contributed by atoms with van der Waals surface area (Å²) in [4.78, 5) is 12.4. The number of carbonyl (C=O) groups excluding carboxylic acids is 1. The van der Waals surface area contributed by atoms with E-state index in [2.05, 4.69) is 5.32 Å². The number of hydrogen-bond donors (Lipinski definition) is 1. The lowest BCUT2D eigenvalue weighted by atomic mass is 10.2. The van der Waals surface area contributed by atoms with Crippen molar-refractivity contribution >= 4 is 34.0 Å². The smallest absolute Gasteiger partial charge is 0.239 e. The first-order valence-electron chi connectivity index (χ1n) is 7.85. The van der Waals surface area contributed by atoms with Crippen molar-refractivity contribution in [3.8, 4) is 11.5 Å². The van der Waals surface area contributed by atoms with Gasteiger partial charge in [0.25, 0.3) is 0 Å². The van der Waals surface area contributed by atoms with E-state index < -0.39 is 16.0 Å². The van der Waals surface area contributed by atoms with Crippen LogP contribution in [-0.4, -0.2) is 28.6 Å². The molecule has 1 heterocycles. The SMILES string of the molecule is C[C@@H](C(=O)Nc1ccc2c(c1)OCCO2)[S@@](=O)Cc1cccc(Cl)c1. The maximum Gasteiger partial charge on any atom is 0.239 e. The van der Waals surface area contributed by atoms with Crippen molar-refractivity contribution in [3.63, 3.8) is 0 Å². The molecule has 2 aromatic carbocycles. The van der Waals surface area contributed by atoms with E-state index in [1.54, 1.807) is 43.3 Å². The van der Waals surface area contributed by atoms with Crippen LogP contribution in [0.2, 0.25) is 5.02 Å². The molecule has 0 saturated heterocycles. The molecule has 0 aliphatic carbocycles. The van der Waals surface area contributed by atoms with Crippen LogP contribution in [0.3, 0.4) is 0 Å². The van der Waals surface area contributed by atoms with Crippen LogP contribution in [0.1, 0.15) is 12.5 Å². The first-order chi connectivity index (χ1) is 12.0. The number of hydrogen-bond acceptors (Lipinski definition) is 4. The summed E-state index contributed by atoms with van der Waals surface area (Å²) < 4.78 is 23.4. The Morgan fingerprint density at radius 3 is 2.72 bits per heavy atom. The van der Waals surface area contributed by atoms with E-state index in [0.29, 0.717) is 35.4 Å². The molecule has 1 amide bonds. The van der Waals surface area contributed by atoms with Crippen molar-refractivity contribution in [1.29, 1.82) is 0 Å².